The van der Waals surface area contributed by atoms with Gasteiger partial charge in [-0.1, -0.05) is 61.4 Å². The van der Waals surface area contributed by atoms with Crippen molar-refractivity contribution < 1.29 is 10.2 Å². The predicted octanol–water partition coefficient (Wildman–Crippen LogP) is 3.32. The summed E-state index contributed by atoms with van der Waals surface area (Å²) in [6.07, 6.45) is 8.99. The maximum atomic E-state index is 11.8. The molecule has 0 saturated heterocycles. The second kappa shape index (κ2) is 9.18. The fraction of sp³-hybridized carbons (Fsp3) is 0.364. The molecule has 4 heteroatoms. The molecule has 136 valence electrons. The van der Waals surface area contributed by atoms with Gasteiger partial charge in [-0.25, -0.2) is 0 Å². The maximum absolute atomic E-state index is 11.8. The van der Waals surface area contributed by atoms with Gasteiger partial charge in [-0.05, 0) is 36.3 Å². The molecule has 4 nitrogen and oxygen atoms in total. The van der Waals surface area contributed by atoms with E-state index in [1.165, 1.54) is 12.8 Å². The van der Waals surface area contributed by atoms with Crippen molar-refractivity contribution >= 4 is 12.4 Å². The Morgan fingerprint density at radius 3 is 2.15 bits per heavy atom. The van der Waals surface area contributed by atoms with Gasteiger partial charge >= 0.3 is 0 Å². The van der Waals surface area contributed by atoms with Crippen LogP contribution in [-0.4, -0.2) is 25.0 Å². The molecule has 2 aromatic carbocycles. The highest BCUT2D eigenvalue weighted by Crippen LogP contribution is 2.29. The Labute approximate surface area is 155 Å². The van der Waals surface area contributed by atoms with Gasteiger partial charge in [0.15, 0.2) is 0 Å². The normalized spacial score (nSPS) is 20.8. The molecule has 0 amide bonds. The van der Waals surface area contributed by atoms with Crippen LogP contribution in [0.15, 0.2) is 58.5 Å². The van der Waals surface area contributed by atoms with Gasteiger partial charge in [0.1, 0.15) is 0 Å². The van der Waals surface area contributed by atoms with Gasteiger partial charge < -0.3 is 10.2 Å². The van der Waals surface area contributed by atoms with Crippen LogP contribution in [0.25, 0.3) is 0 Å². The Balaban J connectivity index is 1.57. The molecule has 0 aliphatic heterocycles. The third-order valence-electron chi connectivity index (χ3n) is 4.97. The van der Waals surface area contributed by atoms with E-state index >= 15 is 0 Å². The van der Waals surface area contributed by atoms with Gasteiger partial charge in [0, 0.05) is 19.0 Å². The van der Waals surface area contributed by atoms with Crippen LogP contribution in [0.4, 0.5) is 0 Å². The number of para-hydroxylation sites is 2. The van der Waals surface area contributed by atoms with Gasteiger partial charge in [-0.3, -0.25) is 9.98 Å². The number of benzene rings is 2. The zero-order valence-corrected chi connectivity index (χ0v) is 14.9. The van der Waals surface area contributed by atoms with Crippen LogP contribution in [0.2, 0.25) is 0 Å². The van der Waals surface area contributed by atoms with Gasteiger partial charge in [0.25, 0.3) is 0 Å². The van der Waals surface area contributed by atoms with Gasteiger partial charge in [0.2, 0.25) is 0 Å². The minimum absolute atomic E-state index is 0.00710. The molecule has 1 aliphatic rings. The molecular weight excluding hydrogens is 324 g/mol. The molecule has 1 saturated carbocycles. The van der Waals surface area contributed by atoms with Crippen LogP contribution in [0.5, 0.6) is 11.5 Å². The standard InChI is InChI=1S/C22H26N2O2/c25-21-11-5-2-8-18(21)15-23-14-13-17-7-1-4-10-20(17)24-16-19-9-3-6-12-22(19)26/h2-3,5-6,8-9,11-12,15-17,20,25-26H,1,4,7,10,13-14H2/p-2. The lowest BCUT2D eigenvalue weighted by Crippen LogP contribution is -2.24. The molecule has 0 N–H and O–H groups in total. The van der Waals surface area contributed by atoms with E-state index in [4.69, 9.17) is 4.99 Å². The Kier molecular flexibility index (Phi) is 6.42. The Morgan fingerprint density at radius 1 is 0.846 bits per heavy atom. The van der Waals surface area contributed by atoms with Crippen molar-refractivity contribution in [3.63, 3.8) is 0 Å². The lowest BCUT2D eigenvalue weighted by molar-refractivity contribution is -0.269. The van der Waals surface area contributed by atoms with Crippen LogP contribution < -0.4 is 10.2 Å². The van der Waals surface area contributed by atoms with Gasteiger partial charge in [0.05, 0.1) is 6.04 Å². The minimum atomic E-state index is 0.00710. The lowest BCUT2D eigenvalue weighted by Gasteiger charge is -2.28. The minimum Gasteiger partial charge on any atom is -0.872 e. The van der Waals surface area contributed by atoms with Crippen molar-refractivity contribution in [2.75, 3.05) is 6.54 Å². The predicted molar refractivity (Wildman–Crippen MR) is 102 cm³/mol. The first-order valence-corrected chi connectivity index (χ1v) is 9.29. The van der Waals surface area contributed by atoms with E-state index < -0.39 is 0 Å². The summed E-state index contributed by atoms with van der Waals surface area (Å²) in [6.45, 7) is 0.698. The summed E-state index contributed by atoms with van der Waals surface area (Å²) in [4.78, 5) is 9.16. The van der Waals surface area contributed by atoms with E-state index in [-0.39, 0.29) is 17.5 Å². The third kappa shape index (κ3) is 4.94. The molecule has 2 atom stereocenters. The topological polar surface area (TPSA) is 70.8 Å². The summed E-state index contributed by atoms with van der Waals surface area (Å²) >= 11 is 0. The van der Waals surface area contributed by atoms with E-state index in [0.717, 1.165) is 19.3 Å². The molecule has 2 aromatic rings. The van der Waals surface area contributed by atoms with Gasteiger partial charge in [-0.2, -0.15) is 0 Å². The van der Waals surface area contributed by atoms with Crippen molar-refractivity contribution in [3.8, 4) is 11.5 Å². The third-order valence-corrected chi connectivity index (χ3v) is 4.97. The van der Waals surface area contributed by atoms with Crippen molar-refractivity contribution in [3.05, 3.63) is 59.7 Å². The largest absolute Gasteiger partial charge is 0.872 e. The number of rotatable bonds is 6. The highest BCUT2D eigenvalue weighted by molar-refractivity contribution is 5.83. The Morgan fingerprint density at radius 2 is 1.46 bits per heavy atom. The van der Waals surface area contributed by atoms with Crippen molar-refractivity contribution in [1.82, 2.24) is 0 Å². The molecule has 26 heavy (non-hydrogen) atoms. The fourth-order valence-electron chi connectivity index (χ4n) is 3.47. The second-order valence-electron chi connectivity index (χ2n) is 6.79. The first kappa shape index (κ1) is 18.2. The average Bonchev–Trinajstić information content (AvgIpc) is 2.67. The summed E-state index contributed by atoms with van der Waals surface area (Å²) < 4.78 is 0. The highest BCUT2D eigenvalue weighted by atomic mass is 16.3. The summed E-state index contributed by atoms with van der Waals surface area (Å²) in [5.74, 6) is 0.510. The lowest BCUT2D eigenvalue weighted by atomic mass is 9.83. The maximum Gasteiger partial charge on any atom is 0.0528 e. The smallest absolute Gasteiger partial charge is 0.0528 e. The number of aliphatic imine (C=N–C) groups is 2. The van der Waals surface area contributed by atoms with Crippen LogP contribution in [0.3, 0.4) is 0 Å². The molecular formula is C22H24N2O2-2. The first-order valence-electron chi connectivity index (χ1n) is 9.29. The molecule has 0 radical (unpaired) electrons. The van der Waals surface area contributed by atoms with E-state index in [0.29, 0.717) is 23.6 Å². The number of nitrogens with zero attached hydrogens (tertiary/aromatic N) is 2. The van der Waals surface area contributed by atoms with Crippen LogP contribution in [0.1, 0.15) is 43.2 Å². The highest BCUT2D eigenvalue weighted by Gasteiger charge is 2.23. The van der Waals surface area contributed by atoms with Crippen molar-refractivity contribution in [1.29, 1.82) is 0 Å². The van der Waals surface area contributed by atoms with Crippen LogP contribution in [0, 0.1) is 5.92 Å². The fourth-order valence-corrected chi connectivity index (χ4v) is 3.47. The van der Waals surface area contributed by atoms with Crippen molar-refractivity contribution in [2.45, 2.75) is 38.1 Å². The van der Waals surface area contributed by atoms with E-state index in [1.807, 2.05) is 18.2 Å². The second-order valence-corrected chi connectivity index (χ2v) is 6.79. The summed E-state index contributed by atoms with van der Waals surface area (Å²) in [5, 5.41) is 23.5. The molecule has 1 fully saturated rings. The Bertz CT molecular complexity index is 770. The van der Waals surface area contributed by atoms with E-state index in [1.54, 1.807) is 42.8 Å². The summed E-state index contributed by atoms with van der Waals surface area (Å²) in [5.41, 5.74) is 1.29. The molecule has 0 bridgehead atoms. The van der Waals surface area contributed by atoms with Crippen LogP contribution >= 0.6 is 0 Å². The molecule has 1 aliphatic carbocycles. The number of hydrogen-bond acceptors (Lipinski definition) is 4. The molecule has 0 spiro atoms. The average molecular weight is 348 g/mol. The molecule has 0 aromatic heterocycles. The molecule has 0 heterocycles. The monoisotopic (exact) mass is 348 g/mol. The zero-order chi connectivity index (χ0) is 18.2. The van der Waals surface area contributed by atoms with Crippen LogP contribution in [-0.2, 0) is 0 Å². The SMILES string of the molecule is [O-]c1ccccc1C=NCCC1CCCCC1N=Cc1ccccc1[O-]. The van der Waals surface area contributed by atoms with Gasteiger partial charge in [-0.15, -0.1) is 11.5 Å². The summed E-state index contributed by atoms with van der Waals surface area (Å²) in [7, 11) is 0. The zero-order valence-electron chi connectivity index (χ0n) is 14.9. The first-order chi connectivity index (χ1) is 12.7. The van der Waals surface area contributed by atoms with E-state index in [2.05, 4.69) is 4.99 Å². The quantitative estimate of drug-likeness (QED) is 0.751. The molecule has 3 rings (SSSR count). The van der Waals surface area contributed by atoms with E-state index in [9.17, 15) is 10.2 Å². The number of hydrogen-bond donors (Lipinski definition) is 0. The molecule has 2 unspecified atom stereocenters. The Hall–Kier alpha value is -2.62. The summed E-state index contributed by atoms with van der Waals surface area (Å²) in [6, 6.07) is 14.2. The van der Waals surface area contributed by atoms with Crippen molar-refractivity contribution in [2.24, 2.45) is 15.9 Å².